The van der Waals surface area contributed by atoms with Crippen molar-refractivity contribution in [2.45, 2.75) is 32.7 Å². The van der Waals surface area contributed by atoms with E-state index < -0.39 is 0 Å². The summed E-state index contributed by atoms with van der Waals surface area (Å²) in [4.78, 5) is 2.69. The van der Waals surface area contributed by atoms with E-state index in [-0.39, 0.29) is 12.6 Å². The number of aliphatic hydroxyl groups is 1. The number of nitrogens with two attached hydrogens (primary N) is 1. The molecular formula is C12H22N2OS. The van der Waals surface area contributed by atoms with Crippen LogP contribution >= 0.6 is 11.3 Å². The Kier molecular flexibility index (Phi) is 5.98. The number of nitrogens with one attached hydrogen (secondary N) is 1. The summed E-state index contributed by atoms with van der Waals surface area (Å²) in [6.07, 6.45) is 1.85. The van der Waals surface area contributed by atoms with Crippen LogP contribution in [0.1, 0.15) is 34.2 Å². The Morgan fingerprint density at radius 2 is 2.19 bits per heavy atom. The van der Waals surface area contributed by atoms with Crippen LogP contribution in [0.5, 0.6) is 0 Å². The van der Waals surface area contributed by atoms with Gasteiger partial charge in [-0.05, 0) is 44.9 Å². The number of rotatable bonds is 7. The van der Waals surface area contributed by atoms with Crippen LogP contribution in [-0.4, -0.2) is 24.8 Å². The van der Waals surface area contributed by atoms with Crippen LogP contribution in [0.15, 0.2) is 6.07 Å². The maximum Gasteiger partial charge on any atom is 0.0455 e. The molecule has 4 heteroatoms. The molecule has 0 aliphatic rings. The van der Waals surface area contributed by atoms with Gasteiger partial charge < -0.3 is 16.2 Å². The molecule has 1 aromatic rings. The highest BCUT2D eigenvalue weighted by molar-refractivity contribution is 7.12. The Morgan fingerprint density at radius 1 is 1.44 bits per heavy atom. The third kappa shape index (κ3) is 3.87. The molecule has 4 N–H and O–H groups in total. The number of unbranched alkanes of at least 4 members (excludes halogenated alkanes) is 1. The predicted octanol–water partition coefficient (Wildman–Crippen LogP) is 1.73. The van der Waals surface area contributed by atoms with Crippen molar-refractivity contribution in [3.05, 3.63) is 21.4 Å². The Bertz CT molecular complexity index is 312. The first-order chi connectivity index (χ1) is 7.69. The number of thiophene rings is 1. The molecule has 0 aliphatic carbocycles. The normalized spacial score (nSPS) is 13.0. The van der Waals surface area contributed by atoms with E-state index in [4.69, 9.17) is 10.8 Å². The lowest BCUT2D eigenvalue weighted by Crippen LogP contribution is -2.29. The van der Waals surface area contributed by atoms with Gasteiger partial charge in [0.25, 0.3) is 0 Å². The smallest absolute Gasteiger partial charge is 0.0455 e. The van der Waals surface area contributed by atoms with E-state index >= 15 is 0 Å². The second-order valence-corrected chi connectivity index (χ2v) is 5.50. The van der Waals surface area contributed by atoms with Gasteiger partial charge in [0.05, 0.1) is 0 Å². The number of hydrogen-bond donors (Lipinski definition) is 3. The first kappa shape index (κ1) is 13.6. The van der Waals surface area contributed by atoms with E-state index in [0.29, 0.717) is 6.54 Å². The van der Waals surface area contributed by atoms with Crippen molar-refractivity contribution in [3.8, 4) is 0 Å². The molecule has 16 heavy (non-hydrogen) atoms. The highest BCUT2D eigenvalue weighted by atomic mass is 32.1. The largest absolute Gasteiger partial charge is 0.396 e. The summed E-state index contributed by atoms with van der Waals surface area (Å²) in [5.41, 5.74) is 7.12. The summed E-state index contributed by atoms with van der Waals surface area (Å²) in [6, 6.07) is 2.47. The van der Waals surface area contributed by atoms with Crippen LogP contribution in [0.3, 0.4) is 0 Å². The zero-order valence-corrected chi connectivity index (χ0v) is 10.9. The molecule has 1 aromatic heterocycles. The first-order valence-electron chi connectivity index (χ1n) is 5.80. The van der Waals surface area contributed by atoms with Gasteiger partial charge in [-0.25, -0.2) is 0 Å². The standard InChI is InChI=1S/C12H22N2OS/c1-9-7-11(10(2)16-9)12(8-13)14-5-3-4-6-15/h7,12,14-15H,3-6,8,13H2,1-2H3. The van der Waals surface area contributed by atoms with Crippen molar-refractivity contribution in [3.63, 3.8) is 0 Å². The van der Waals surface area contributed by atoms with E-state index in [1.54, 1.807) is 0 Å². The average molecular weight is 242 g/mol. The summed E-state index contributed by atoms with van der Waals surface area (Å²) in [5.74, 6) is 0. The van der Waals surface area contributed by atoms with E-state index in [1.165, 1.54) is 15.3 Å². The Balaban J connectivity index is 2.50. The third-order valence-corrected chi connectivity index (χ3v) is 3.65. The van der Waals surface area contributed by atoms with Crippen LogP contribution in [0, 0.1) is 13.8 Å². The molecule has 1 heterocycles. The van der Waals surface area contributed by atoms with Crippen molar-refractivity contribution in [2.75, 3.05) is 19.7 Å². The quantitative estimate of drug-likeness (QED) is 0.638. The number of hydrogen-bond acceptors (Lipinski definition) is 4. The lowest BCUT2D eigenvalue weighted by Gasteiger charge is -2.16. The Morgan fingerprint density at radius 3 is 2.69 bits per heavy atom. The van der Waals surface area contributed by atoms with E-state index in [0.717, 1.165) is 19.4 Å². The van der Waals surface area contributed by atoms with Gasteiger partial charge in [-0.2, -0.15) is 0 Å². The van der Waals surface area contributed by atoms with Gasteiger partial charge >= 0.3 is 0 Å². The van der Waals surface area contributed by atoms with Crippen molar-refractivity contribution in [1.29, 1.82) is 0 Å². The van der Waals surface area contributed by atoms with Gasteiger partial charge in [0, 0.05) is 28.9 Å². The SMILES string of the molecule is Cc1cc(C(CN)NCCCCO)c(C)s1. The average Bonchev–Trinajstić information content (AvgIpc) is 2.58. The molecule has 0 spiro atoms. The highest BCUT2D eigenvalue weighted by Crippen LogP contribution is 2.25. The minimum absolute atomic E-state index is 0.253. The molecule has 0 saturated heterocycles. The molecule has 0 aliphatic heterocycles. The third-order valence-electron chi connectivity index (χ3n) is 2.67. The van der Waals surface area contributed by atoms with Crippen LogP contribution in [-0.2, 0) is 0 Å². The molecule has 3 nitrogen and oxygen atoms in total. The minimum atomic E-state index is 0.253. The van der Waals surface area contributed by atoms with Gasteiger partial charge in [0.15, 0.2) is 0 Å². The van der Waals surface area contributed by atoms with Crippen LogP contribution in [0.4, 0.5) is 0 Å². The van der Waals surface area contributed by atoms with E-state index in [2.05, 4.69) is 25.2 Å². The molecule has 0 amide bonds. The van der Waals surface area contributed by atoms with Crippen molar-refractivity contribution < 1.29 is 5.11 Å². The van der Waals surface area contributed by atoms with Crippen LogP contribution < -0.4 is 11.1 Å². The molecule has 92 valence electrons. The van der Waals surface area contributed by atoms with E-state index in [1.807, 2.05) is 11.3 Å². The molecule has 0 aromatic carbocycles. The summed E-state index contributed by atoms with van der Waals surface area (Å²) < 4.78 is 0. The van der Waals surface area contributed by atoms with Crippen molar-refractivity contribution >= 4 is 11.3 Å². The van der Waals surface area contributed by atoms with Crippen molar-refractivity contribution in [1.82, 2.24) is 5.32 Å². The lowest BCUT2D eigenvalue weighted by molar-refractivity contribution is 0.282. The number of aryl methyl sites for hydroxylation is 2. The zero-order valence-electron chi connectivity index (χ0n) is 10.1. The topological polar surface area (TPSA) is 58.3 Å². The molecule has 1 unspecified atom stereocenters. The Labute approximate surface area is 102 Å². The molecule has 0 radical (unpaired) electrons. The van der Waals surface area contributed by atoms with Gasteiger partial charge in [-0.3, -0.25) is 0 Å². The fourth-order valence-electron chi connectivity index (χ4n) is 1.83. The molecule has 0 fully saturated rings. The van der Waals surface area contributed by atoms with Crippen LogP contribution in [0.2, 0.25) is 0 Å². The van der Waals surface area contributed by atoms with Crippen molar-refractivity contribution in [2.24, 2.45) is 5.73 Å². The summed E-state index contributed by atoms with van der Waals surface area (Å²) in [6.45, 7) is 6.07. The monoisotopic (exact) mass is 242 g/mol. The maximum atomic E-state index is 8.70. The molecule has 1 rings (SSSR count). The number of aliphatic hydroxyl groups excluding tert-OH is 1. The fraction of sp³-hybridized carbons (Fsp3) is 0.667. The molecular weight excluding hydrogens is 220 g/mol. The molecule has 0 bridgehead atoms. The van der Waals surface area contributed by atoms with E-state index in [9.17, 15) is 0 Å². The second kappa shape index (κ2) is 7.01. The molecule has 0 saturated carbocycles. The summed E-state index contributed by atoms with van der Waals surface area (Å²) >= 11 is 1.82. The van der Waals surface area contributed by atoms with Gasteiger partial charge in [0.2, 0.25) is 0 Å². The Hall–Kier alpha value is -0.420. The zero-order chi connectivity index (χ0) is 12.0. The van der Waals surface area contributed by atoms with Gasteiger partial charge in [-0.1, -0.05) is 0 Å². The predicted molar refractivity (Wildman–Crippen MR) is 69.9 cm³/mol. The lowest BCUT2D eigenvalue weighted by atomic mass is 10.1. The minimum Gasteiger partial charge on any atom is -0.396 e. The first-order valence-corrected chi connectivity index (χ1v) is 6.62. The molecule has 1 atom stereocenters. The fourth-order valence-corrected chi connectivity index (χ4v) is 2.82. The maximum absolute atomic E-state index is 8.70. The van der Waals surface area contributed by atoms with Gasteiger partial charge in [-0.15, -0.1) is 11.3 Å². The highest BCUT2D eigenvalue weighted by Gasteiger charge is 2.13. The van der Waals surface area contributed by atoms with Gasteiger partial charge in [0.1, 0.15) is 0 Å². The second-order valence-electron chi connectivity index (χ2n) is 4.04. The summed E-state index contributed by atoms with van der Waals surface area (Å²) in [5, 5.41) is 12.1. The summed E-state index contributed by atoms with van der Waals surface area (Å²) in [7, 11) is 0. The van der Waals surface area contributed by atoms with Crippen LogP contribution in [0.25, 0.3) is 0 Å².